The molecule has 0 bridgehead atoms. The molecule has 0 saturated heterocycles. The van der Waals surface area contributed by atoms with Gasteiger partial charge in [-0.2, -0.15) is 0 Å². The number of hydrogen-bond acceptors (Lipinski definition) is 3. The average Bonchev–Trinajstić information content (AvgIpc) is 2.39. The smallest absolute Gasteiger partial charge is 0.204 e. The number of nitrogens with zero attached hydrogens (tertiary/aromatic N) is 1. The van der Waals surface area contributed by atoms with Crippen LogP contribution < -0.4 is 4.74 Å². The van der Waals surface area contributed by atoms with Gasteiger partial charge in [0, 0.05) is 25.4 Å². The maximum Gasteiger partial charge on any atom is 0.204 e. The van der Waals surface area contributed by atoms with E-state index in [2.05, 4.69) is 11.9 Å². The molecule has 0 atom stereocenters. The zero-order valence-electron chi connectivity index (χ0n) is 11.8. The largest absolute Gasteiger partial charge is 0.461 e. The number of unbranched alkanes of at least 4 members (excludes halogenated alkanes) is 1. The van der Waals surface area contributed by atoms with Crippen LogP contribution in [-0.4, -0.2) is 17.4 Å². The van der Waals surface area contributed by atoms with Gasteiger partial charge < -0.3 is 9.47 Å². The molecular formula is C16H21NO2. The lowest BCUT2D eigenvalue weighted by molar-refractivity contribution is -0.156. The summed E-state index contributed by atoms with van der Waals surface area (Å²) in [7, 11) is 0. The average molecular weight is 259 g/mol. The zero-order chi connectivity index (χ0) is 13.7. The molecule has 19 heavy (non-hydrogen) atoms. The highest BCUT2D eigenvalue weighted by atomic mass is 16.7. The van der Waals surface area contributed by atoms with Crippen LogP contribution in [0.3, 0.4) is 0 Å². The number of pyridine rings is 1. The van der Waals surface area contributed by atoms with Gasteiger partial charge in [0.1, 0.15) is 11.3 Å². The molecule has 3 heteroatoms. The summed E-state index contributed by atoms with van der Waals surface area (Å²) >= 11 is 0. The fourth-order valence-corrected chi connectivity index (χ4v) is 1.92. The first-order valence-corrected chi connectivity index (χ1v) is 6.79. The van der Waals surface area contributed by atoms with Gasteiger partial charge in [-0.05, 0) is 18.6 Å². The van der Waals surface area contributed by atoms with Crippen LogP contribution in [0.2, 0.25) is 0 Å². The monoisotopic (exact) mass is 259 g/mol. The molecule has 1 heterocycles. The van der Waals surface area contributed by atoms with Gasteiger partial charge in [-0.25, -0.2) is 0 Å². The molecule has 0 unspecified atom stereocenters. The molecule has 0 spiro atoms. The van der Waals surface area contributed by atoms with Crippen molar-refractivity contribution in [3.8, 4) is 5.75 Å². The molecule has 0 saturated carbocycles. The van der Waals surface area contributed by atoms with Crippen molar-refractivity contribution in [1.29, 1.82) is 0 Å². The standard InChI is InChI=1S/C16H21NO2/c1-4-5-12-18-16(2,3)19-14-10-6-8-13-9-7-11-17-15(13)14/h6-11H,4-5,12H2,1-3H3. The fourth-order valence-electron chi connectivity index (χ4n) is 1.92. The molecule has 1 aromatic carbocycles. The number of fused-ring (bicyclic) bond motifs is 1. The van der Waals surface area contributed by atoms with Gasteiger partial charge in [-0.15, -0.1) is 0 Å². The van der Waals surface area contributed by atoms with Gasteiger partial charge in [0.2, 0.25) is 5.79 Å². The van der Waals surface area contributed by atoms with Gasteiger partial charge in [0.05, 0.1) is 6.61 Å². The van der Waals surface area contributed by atoms with Crippen molar-refractivity contribution in [2.45, 2.75) is 39.4 Å². The SMILES string of the molecule is CCCCOC(C)(C)Oc1cccc2cccnc12. The van der Waals surface area contributed by atoms with Crippen LogP contribution in [0.4, 0.5) is 0 Å². The molecule has 2 aromatic rings. The summed E-state index contributed by atoms with van der Waals surface area (Å²) in [5.41, 5.74) is 0.872. The molecule has 0 radical (unpaired) electrons. The van der Waals surface area contributed by atoms with Gasteiger partial charge in [-0.1, -0.05) is 31.5 Å². The molecule has 0 N–H and O–H groups in total. The molecular weight excluding hydrogens is 238 g/mol. The van der Waals surface area contributed by atoms with Gasteiger partial charge in [0.25, 0.3) is 0 Å². The van der Waals surface area contributed by atoms with E-state index in [1.807, 2.05) is 44.2 Å². The maximum atomic E-state index is 5.98. The van der Waals surface area contributed by atoms with E-state index in [9.17, 15) is 0 Å². The van der Waals surface area contributed by atoms with Gasteiger partial charge in [0.15, 0.2) is 0 Å². The summed E-state index contributed by atoms with van der Waals surface area (Å²) in [4.78, 5) is 4.38. The summed E-state index contributed by atoms with van der Waals surface area (Å²) in [5.74, 6) is 0.126. The molecule has 1 aromatic heterocycles. The van der Waals surface area contributed by atoms with E-state index in [0.29, 0.717) is 6.61 Å². The Balaban J connectivity index is 2.16. The third-order valence-electron chi connectivity index (χ3n) is 2.90. The second-order valence-electron chi connectivity index (χ2n) is 5.04. The third-order valence-corrected chi connectivity index (χ3v) is 2.90. The van der Waals surface area contributed by atoms with Crippen molar-refractivity contribution >= 4 is 10.9 Å². The number of hydrogen-bond donors (Lipinski definition) is 0. The molecule has 2 rings (SSSR count). The molecule has 102 valence electrons. The number of ether oxygens (including phenoxy) is 2. The van der Waals surface area contributed by atoms with E-state index in [-0.39, 0.29) is 0 Å². The highest BCUT2D eigenvalue weighted by molar-refractivity contribution is 5.84. The number of para-hydroxylation sites is 1. The summed E-state index contributed by atoms with van der Waals surface area (Å²) in [6.07, 6.45) is 3.94. The van der Waals surface area contributed by atoms with Crippen molar-refractivity contribution in [2.24, 2.45) is 0 Å². The first-order valence-electron chi connectivity index (χ1n) is 6.79. The molecule has 3 nitrogen and oxygen atoms in total. The minimum absolute atomic E-state index is 0.638. The van der Waals surface area contributed by atoms with Crippen LogP contribution in [-0.2, 0) is 4.74 Å². The molecule has 0 fully saturated rings. The Kier molecular flexibility index (Phi) is 4.38. The first-order chi connectivity index (χ1) is 9.12. The van der Waals surface area contributed by atoms with E-state index in [0.717, 1.165) is 29.5 Å². The van der Waals surface area contributed by atoms with Crippen LogP contribution in [0.25, 0.3) is 10.9 Å². The van der Waals surface area contributed by atoms with Crippen molar-refractivity contribution in [2.75, 3.05) is 6.61 Å². The summed E-state index contributed by atoms with van der Waals surface area (Å²) in [6, 6.07) is 9.89. The Morgan fingerprint density at radius 3 is 2.74 bits per heavy atom. The normalized spacial score (nSPS) is 11.7. The van der Waals surface area contributed by atoms with E-state index in [1.54, 1.807) is 6.20 Å². The van der Waals surface area contributed by atoms with Crippen LogP contribution in [0.1, 0.15) is 33.6 Å². The molecule has 0 aliphatic rings. The highest BCUT2D eigenvalue weighted by Crippen LogP contribution is 2.27. The van der Waals surface area contributed by atoms with Crippen molar-refractivity contribution in [1.82, 2.24) is 4.98 Å². The van der Waals surface area contributed by atoms with Crippen LogP contribution in [0.15, 0.2) is 36.5 Å². The lowest BCUT2D eigenvalue weighted by Gasteiger charge is -2.27. The lowest BCUT2D eigenvalue weighted by Crippen LogP contribution is -2.32. The minimum atomic E-state index is -0.638. The van der Waals surface area contributed by atoms with Crippen LogP contribution >= 0.6 is 0 Å². The van der Waals surface area contributed by atoms with Crippen molar-refractivity contribution in [3.63, 3.8) is 0 Å². The Bertz CT molecular complexity index is 532. The molecule has 0 aliphatic carbocycles. The van der Waals surface area contributed by atoms with E-state index < -0.39 is 5.79 Å². The first kappa shape index (κ1) is 13.8. The second-order valence-corrected chi connectivity index (χ2v) is 5.04. The predicted molar refractivity (Wildman–Crippen MR) is 77.3 cm³/mol. The van der Waals surface area contributed by atoms with Gasteiger partial charge >= 0.3 is 0 Å². The lowest BCUT2D eigenvalue weighted by atomic mass is 10.2. The number of aromatic nitrogens is 1. The Morgan fingerprint density at radius 1 is 1.16 bits per heavy atom. The third kappa shape index (κ3) is 3.67. The Hall–Kier alpha value is -1.61. The summed E-state index contributed by atoms with van der Waals surface area (Å²) in [5, 5.41) is 1.07. The predicted octanol–water partition coefficient (Wildman–Crippen LogP) is 4.17. The highest BCUT2D eigenvalue weighted by Gasteiger charge is 2.21. The van der Waals surface area contributed by atoms with Crippen LogP contribution in [0.5, 0.6) is 5.75 Å². The van der Waals surface area contributed by atoms with Gasteiger partial charge in [-0.3, -0.25) is 4.98 Å². The van der Waals surface area contributed by atoms with E-state index in [4.69, 9.17) is 9.47 Å². The Morgan fingerprint density at radius 2 is 1.95 bits per heavy atom. The maximum absolute atomic E-state index is 5.98. The summed E-state index contributed by atoms with van der Waals surface area (Å²) in [6.45, 7) is 6.72. The van der Waals surface area contributed by atoms with Crippen LogP contribution in [0, 0.1) is 0 Å². The quantitative estimate of drug-likeness (QED) is 0.576. The molecule has 0 amide bonds. The second kappa shape index (κ2) is 6.02. The van der Waals surface area contributed by atoms with Crippen molar-refractivity contribution < 1.29 is 9.47 Å². The van der Waals surface area contributed by atoms with Crippen molar-refractivity contribution in [3.05, 3.63) is 36.5 Å². The zero-order valence-corrected chi connectivity index (χ0v) is 11.8. The minimum Gasteiger partial charge on any atom is -0.461 e. The Labute approximate surface area is 114 Å². The molecule has 0 aliphatic heterocycles. The number of benzene rings is 1. The van der Waals surface area contributed by atoms with E-state index in [1.165, 1.54) is 0 Å². The van der Waals surface area contributed by atoms with E-state index >= 15 is 0 Å². The fraction of sp³-hybridized carbons (Fsp3) is 0.438. The topological polar surface area (TPSA) is 31.4 Å². The summed E-state index contributed by atoms with van der Waals surface area (Å²) < 4.78 is 11.7. The number of rotatable bonds is 6.